The molecule has 2 rings (SSSR count). The Hall–Kier alpha value is -2.55. The van der Waals surface area contributed by atoms with E-state index in [1.807, 2.05) is 20.1 Å². The van der Waals surface area contributed by atoms with Gasteiger partial charge in [0.1, 0.15) is 12.1 Å². The van der Waals surface area contributed by atoms with Crippen molar-refractivity contribution < 1.29 is 14.7 Å². The molecular weight excluding hydrogens is 382 g/mol. The predicted molar refractivity (Wildman–Crippen MR) is 110 cm³/mol. The molecule has 1 aromatic carbocycles. The van der Waals surface area contributed by atoms with Crippen LogP contribution in [0.5, 0.6) is 0 Å². The Labute approximate surface area is 166 Å². The Morgan fingerprint density at radius 3 is 2.54 bits per heavy atom. The Balaban J connectivity index is 2.47. The molecule has 3 N–H and O–H groups in total. The highest BCUT2D eigenvalue weighted by atomic mass is 32.2. The van der Waals surface area contributed by atoms with E-state index in [4.69, 9.17) is 0 Å². The lowest BCUT2D eigenvalue weighted by molar-refractivity contribution is -0.142. The number of aromatic amines is 1. The fourth-order valence-electron chi connectivity index (χ4n) is 3.03. The third-order valence-electron chi connectivity index (χ3n) is 4.37. The molecule has 0 saturated carbocycles. The van der Waals surface area contributed by atoms with Crippen molar-refractivity contribution in [3.63, 3.8) is 0 Å². The summed E-state index contributed by atoms with van der Waals surface area (Å²) in [5.41, 5.74) is -0.877. The largest absolute Gasteiger partial charge is 0.480 e. The number of carbonyl (C=O) groups is 2. The Kier molecular flexibility index (Phi) is 7.45. The average molecular weight is 407 g/mol. The molecule has 0 saturated heterocycles. The van der Waals surface area contributed by atoms with Crippen molar-refractivity contribution in [3.05, 3.63) is 45.1 Å². The number of carboxylic acids is 1. The zero-order valence-electron chi connectivity index (χ0n) is 16.1. The third-order valence-corrected chi connectivity index (χ3v) is 5.01. The zero-order valence-corrected chi connectivity index (χ0v) is 16.9. The van der Waals surface area contributed by atoms with Gasteiger partial charge in [-0.3, -0.25) is 9.59 Å². The van der Waals surface area contributed by atoms with Crippen molar-refractivity contribution in [2.45, 2.75) is 38.8 Å². The second kappa shape index (κ2) is 9.59. The average Bonchev–Trinajstić information content (AvgIpc) is 2.63. The molecule has 28 heavy (non-hydrogen) atoms. The molecule has 1 heterocycles. The van der Waals surface area contributed by atoms with Crippen LogP contribution in [0.3, 0.4) is 0 Å². The lowest BCUT2D eigenvalue weighted by atomic mass is 10.0. The van der Waals surface area contributed by atoms with Gasteiger partial charge in [-0.1, -0.05) is 26.0 Å². The SMILES string of the molecule is CSCCC(C(=O)NC(CC(C)C)C(=O)O)n1c(=O)[nH]c2ccccc2c1=O. The van der Waals surface area contributed by atoms with Crippen LogP contribution >= 0.6 is 11.8 Å². The van der Waals surface area contributed by atoms with Crippen molar-refractivity contribution in [2.24, 2.45) is 5.92 Å². The number of hydrogen-bond acceptors (Lipinski definition) is 5. The molecular formula is C19H25N3O5S. The number of H-pyrrole nitrogens is 1. The monoisotopic (exact) mass is 407 g/mol. The molecule has 0 spiro atoms. The van der Waals surface area contributed by atoms with Crippen LogP contribution in [0, 0.1) is 5.92 Å². The van der Waals surface area contributed by atoms with E-state index in [0.29, 0.717) is 16.7 Å². The quantitative estimate of drug-likeness (QED) is 0.580. The van der Waals surface area contributed by atoms with Crippen LogP contribution in [0.4, 0.5) is 0 Å². The highest BCUT2D eigenvalue weighted by Gasteiger charge is 2.29. The molecule has 1 amide bonds. The molecule has 0 aliphatic rings. The summed E-state index contributed by atoms with van der Waals surface area (Å²) >= 11 is 1.47. The standard InChI is InChI=1S/C19H25N3O5S/c1-11(2)10-14(18(25)26)20-16(23)15(8-9-28-3)22-17(24)12-6-4-5-7-13(12)21-19(22)27/h4-7,11,14-15H,8-10H2,1-3H3,(H,20,23)(H,21,27)(H,25,26). The van der Waals surface area contributed by atoms with Crippen LogP contribution in [0.2, 0.25) is 0 Å². The highest BCUT2D eigenvalue weighted by molar-refractivity contribution is 7.98. The van der Waals surface area contributed by atoms with E-state index in [1.54, 1.807) is 24.3 Å². The number of aliphatic carboxylic acids is 1. The van der Waals surface area contributed by atoms with Gasteiger partial charge in [0, 0.05) is 0 Å². The number of carboxylic acid groups (broad SMARTS) is 1. The van der Waals surface area contributed by atoms with Crippen LogP contribution in [0.15, 0.2) is 33.9 Å². The Bertz CT molecular complexity index is 966. The maximum Gasteiger partial charge on any atom is 0.329 e. The fourth-order valence-corrected chi connectivity index (χ4v) is 3.49. The van der Waals surface area contributed by atoms with Gasteiger partial charge in [0.2, 0.25) is 5.91 Å². The lowest BCUT2D eigenvalue weighted by Gasteiger charge is -2.22. The number of carbonyl (C=O) groups excluding carboxylic acids is 1. The van der Waals surface area contributed by atoms with E-state index in [2.05, 4.69) is 10.3 Å². The smallest absolute Gasteiger partial charge is 0.329 e. The number of hydrogen-bond donors (Lipinski definition) is 3. The second-order valence-electron chi connectivity index (χ2n) is 6.98. The van der Waals surface area contributed by atoms with E-state index >= 15 is 0 Å². The molecule has 152 valence electrons. The Morgan fingerprint density at radius 2 is 1.93 bits per heavy atom. The van der Waals surface area contributed by atoms with Gasteiger partial charge < -0.3 is 15.4 Å². The summed E-state index contributed by atoms with van der Waals surface area (Å²) in [7, 11) is 0. The number of amides is 1. The summed E-state index contributed by atoms with van der Waals surface area (Å²) in [4.78, 5) is 52.5. The van der Waals surface area contributed by atoms with Gasteiger partial charge >= 0.3 is 11.7 Å². The molecule has 1 aromatic heterocycles. The van der Waals surface area contributed by atoms with E-state index in [0.717, 1.165) is 4.57 Å². The van der Waals surface area contributed by atoms with Crippen molar-refractivity contribution in [1.82, 2.24) is 14.9 Å². The minimum absolute atomic E-state index is 0.0536. The third kappa shape index (κ3) is 5.03. The Morgan fingerprint density at radius 1 is 1.25 bits per heavy atom. The van der Waals surface area contributed by atoms with Gasteiger partial charge in [0.15, 0.2) is 0 Å². The number of aromatic nitrogens is 2. The fraction of sp³-hybridized carbons (Fsp3) is 0.474. The van der Waals surface area contributed by atoms with Crippen LogP contribution in [0.25, 0.3) is 10.9 Å². The second-order valence-corrected chi connectivity index (χ2v) is 7.96. The molecule has 9 heteroatoms. The van der Waals surface area contributed by atoms with E-state index < -0.39 is 35.2 Å². The van der Waals surface area contributed by atoms with Gasteiger partial charge in [-0.05, 0) is 42.9 Å². The maximum absolute atomic E-state index is 12.9. The highest BCUT2D eigenvalue weighted by Crippen LogP contribution is 2.15. The molecule has 8 nitrogen and oxygen atoms in total. The van der Waals surface area contributed by atoms with Crippen molar-refractivity contribution >= 4 is 34.5 Å². The first-order valence-corrected chi connectivity index (χ1v) is 10.4. The van der Waals surface area contributed by atoms with Gasteiger partial charge in [0.05, 0.1) is 10.9 Å². The number of nitrogens with one attached hydrogen (secondary N) is 2. The lowest BCUT2D eigenvalue weighted by Crippen LogP contribution is -2.49. The van der Waals surface area contributed by atoms with Crippen molar-refractivity contribution in [1.29, 1.82) is 0 Å². The van der Waals surface area contributed by atoms with Crippen LogP contribution in [0.1, 0.15) is 32.7 Å². The van der Waals surface area contributed by atoms with Crippen LogP contribution in [-0.4, -0.2) is 44.6 Å². The van der Waals surface area contributed by atoms with E-state index in [-0.39, 0.29) is 18.8 Å². The number of fused-ring (bicyclic) bond motifs is 1. The van der Waals surface area contributed by atoms with Crippen LogP contribution in [-0.2, 0) is 9.59 Å². The van der Waals surface area contributed by atoms with Crippen molar-refractivity contribution in [2.75, 3.05) is 12.0 Å². The topological polar surface area (TPSA) is 121 Å². The van der Waals surface area contributed by atoms with Crippen molar-refractivity contribution in [3.8, 4) is 0 Å². The molecule has 2 unspecified atom stereocenters. The van der Waals surface area contributed by atoms with Gasteiger partial charge in [-0.25, -0.2) is 14.2 Å². The predicted octanol–water partition coefficient (Wildman–Crippen LogP) is 1.60. The zero-order chi connectivity index (χ0) is 20.8. The molecule has 0 aliphatic heterocycles. The summed E-state index contributed by atoms with van der Waals surface area (Å²) in [5.74, 6) is -1.22. The molecule has 2 atom stereocenters. The summed E-state index contributed by atoms with van der Waals surface area (Å²) in [6.07, 6.45) is 2.32. The number of nitrogens with zero attached hydrogens (tertiary/aromatic N) is 1. The number of rotatable bonds is 9. The summed E-state index contributed by atoms with van der Waals surface area (Å²) in [6, 6.07) is 4.38. The minimum atomic E-state index is -1.15. The first-order valence-electron chi connectivity index (χ1n) is 9.02. The summed E-state index contributed by atoms with van der Waals surface area (Å²) in [5, 5.41) is 12.2. The number of benzene rings is 1. The first kappa shape index (κ1) is 21.7. The summed E-state index contributed by atoms with van der Waals surface area (Å²) in [6.45, 7) is 3.71. The van der Waals surface area contributed by atoms with E-state index in [9.17, 15) is 24.3 Å². The molecule has 0 aliphatic carbocycles. The minimum Gasteiger partial charge on any atom is -0.480 e. The van der Waals surface area contributed by atoms with E-state index in [1.165, 1.54) is 11.8 Å². The molecule has 0 fully saturated rings. The van der Waals surface area contributed by atoms with Gasteiger partial charge in [-0.15, -0.1) is 0 Å². The maximum atomic E-state index is 12.9. The molecule has 0 bridgehead atoms. The summed E-state index contributed by atoms with van der Waals surface area (Å²) < 4.78 is 0.891. The number of para-hydroxylation sites is 1. The van der Waals surface area contributed by atoms with Crippen LogP contribution < -0.4 is 16.6 Å². The van der Waals surface area contributed by atoms with Gasteiger partial charge in [0.25, 0.3) is 5.56 Å². The molecule has 0 radical (unpaired) electrons. The molecule has 2 aromatic rings. The first-order chi connectivity index (χ1) is 13.3. The number of thioether (sulfide) groups is 1. The van der Waals surface area contributed by atoms with Gasteiger partial charge in [-0.2, -0.15) is 11.8 Å². The normalized spacial score (nSPS) is 13.4.